The summed E-state index contributed by atoms with van der Waals surface area (Å²) < 4.78 is 0. The lowest BCUT2D eigenvalue weighted by atomic mass is 9.33. The van der Waals surface area contributed by atoms with Crippen molar-refractivity contribution >= 4 is 11.7 Å². The lowest BCUT2D eigenvalue weighted by molar-refractivity contribution is -0.206. The predicted octanol–water partition coefficient (Wildman–Crippen LogP) is 7.24. The Kier molecular flexibility index (Phi) is 6.44. The number of ketones is 1. The summed E-state index contributed by atoms with van der Waals surface area (Å²) in [7, 11) is 0. The molecule has 2 N–H and O–H groups in total. The average molecular weight is 553 g/mol. The van der Waals surface area contributed by atoms with E-state index in [1.165, 1.54) is 12.0 Å². The third-order valence-corrected chi connectivity index (χ3v) is 14.5. The van der Waals surface area contributed by atoms with Gasteiger partial charge >= 0.3 is 0 Å². The fraction of sp³-hybridized carbons (Fsp3) is 0.886. The standard InChI is InChI=1S/C35H56N2O3/c1-9-37(40-22-10-11-22)29(39)32(5)17-16-31(4)18-19-34(7)23(24(31)21-32)20-25(38)28-33(6)14-13-27(36)30(2,3)26(33)12-15-35(28,34)8/h20,22,24,26-28H,9-19,21,36H2,1-8H3/t24-,26?,27-,28+,31+,32-,33-,34+,35+/m0/s1. The Morgan fingerprint density at radius 3 is 2.27 bits per heavy atom. The van der Waals surface area contributed by atoms with Crippen LogP contribution in [-0.2, 0) is 14.4 Å². The van der Waals surface area contributed by atoms with E-state index in [1.54, 1.807) is 5.06 Å². The second kappa shape index (κ2) is 8.91. The van der Waals surface area contributed by atoms with E-state index in [4.69, 9.17) is 10.6 Å². The van der Waals surface area contributed by atoms with Gasteiger partial charge in [0.2, 0.25) is 0 Å². The normalized spacial score (nSPS) is 49.6. The molecule has 6 aliphatic carbocycles. The zero-order chi connectivity index (χ0) is 29.1. The van der Waals surface area contributed by atoms with Crippen LogP contribution in [0.15, 0.2) is 11.6 Å². The molecule has 0 heterocycles. The lowest BCUT2D eigenvalue weighted by Crippen LogP contribution is -2.67. The van der Waals surface area contributed by atoms with Crippen LogP contribution in [0.4, 0.5) is 0 Å². The summed E-state index contributed by atoms with van der Waals surface area (Å²) in [5.74, 6) is 1.29. The van der Waals surface area contributed by atoms with Crippen LogP contribution in [0.3, 0.4) is 0 Å². The van der Waals surface area contributed by atoms with E-state index in [0.717, 1.165) is 64.2 Å². The SMILES string of the molecule is CCN(OC1CC1)C(=O)[C@@]1(C)CC[C@]2(C)CC[C@]3(C)C(=CC(=O)[C@@H]4[C@@]5(C)CC[C@H](N)C(C)(C)C5CC[C@]43C)[C@@H]2C1. The van der Waals surface area contributed by atoms with Gasteiger partial charge in [-0.1, -0.05) is 54.0 Å². The Balaban J connectivity index is 1.38. The van der Waals surface area contributed by atoms with Crippen LogP contribution < -0.4 is 5.73 Å². The molecule has 6 rings (SSSR count). The van der Waals surface area contributed by atoms with Crippen LogP contribution in [0.1, 0.15) is 126 Å². The van der Waals surface area contributed by atoms with Gasteiger partial charge in [-0.15, -0.1) is 0 Å². The van der Waals surface area contributed by atoms with E-state index < -0.39 is 5.41 Å². The Bertz CT molecular complexity index is 1130. The number of nitrogens with zero attached hydrogens (tertiary/aromatic N) is 1. The van der Waals surface area contributed by atoms with Gasteiger partial charge in [-0.25, -0.2) is 5.06 Å². The van der Waals surface area contributed by atoms with Crippen LogP contribution >= 0.6 is 0 Å². The van der Waals surface area contributed by atoms with Crippen LogP contribution in [0.5, 0.6) is 0 Å². The molecule has 0 aromatic rings. The van der Waals surface area contributed by atoms with Crippen LogP contribution in [0.25, 0.3) is 0 Å². The molecule has 1 unspecified atom stereocenters. The molecule has 40 heavy (non-hydrogen) atoms. The number of hydrogen-bond acceptors (Lipinski definition) is 4. The minimum Gasteiger partial charge on any atom is -0.327 e. The number of nitrogens with two attached hydrogens (primary N) is 1. The Morgan fingerprint density at radius 2 is 1.62 bits per heavy atom. The molecule has 224 valence electrons. The molecule has 0 aromatic carbocycles. The summed E-state index contributed by atoms with van der Waals surface area (Å²) in [5.41, 5.74) is 7.71. The molecule has 0 aromatic heterocycles. The topological polar surface area (TPSA) is 72.6 Å². The molecule has 5 heteroatoms. The number of hydroxylamine groups is 2. The van der Waals surface area contributed by atoms with E-state index in [0.29, 0.717) is 18.2 Å². The Hall–Kier alpha value is -1.20. The molecular formula is C35H56N2O3. The van der Waals surface area contributed by atoms with Gasteiger partial charge in [-0.2, -0.15) is 0 Å². The van der Waals surface area contributed by atoms with Gasteiger partial charge in [0.05, 0.1) is 6.10 Å². The van der Waals surface area contributed by atoms with Crippen molar-refractivity contribution in [2.24, 2.45) is 56.0 Å². The first-order valence-electron chi connectivity index (χ1n) is 16.6. The average Bonchev–Trinajstić information content (AvgIpc) is 3.71. The highest BCUT2D eigenvalue weighted by molar-refractivity contribution is 5.95. The van der Waals surface area contributed by atoms with E-state index in [1.807, 2.05) is 6.92 Å². The minimum absolute atomic E-state index is 0.0198. The Morgan fingerprint density at radius 1 is 0.950 bits per heavy atom. The summed E-state index contributed by atoms with van der Waals surface area (Å²) in [4.78, 5) is 34.6. The number of allylic oxidation sites excluding steroid dienone is 2. The maximum Gasteiger partial charge on any atom is 0.252 e. The quantitative estimate of drug-likeness (QED) is 0.373. The van der Waals surface area contributed by atoms with E-state index in [9.17, 15) is 9.59 Å². The molecule has 6 aliphatic rings. The molecule has 5 nitrogen and oxygen atoms in total. The van der Waals surface area contributed by atoms with Crippen LogP contribution in [-0.4, -0.2) is 35.4 Å². The third kappa shape index (κ3) is 3.77. The number of fused-ring (bicyclic) bond motifs is 7. The highest BCUT2D eigenvalue weighted by Crippen LogP contribution is 2.75. The summed E-state index contributed by atoms with van der Waals surface area (Å²) in [6.45, 7) is 19.4. The van der Waals surface area contributed by atoms with Gasteiger partial charge in [0.25, 0.3) is 5.91 Å². The van der Waals surface area contributed by atoms with Crippen molar-refractivity contribution in [3.8, 4) is 0 Å². The molecule has 0 bridgehead atoms. The van der Waals surface area contributed by atoms with Crippen molar-refractivity contribution in [3.05, 3.63) is 11.6 Å². The predicted molar refractivity (Wildman–Crippen MR) is 159 cm³/mol. The van der Waals surface area contributed by atoms with Crippen molar-refractivity contribution in [1.29, 1.82) is 0 Å². The second-order valence-electron chi connectivity index (χ2n) is 17.0. The molecule has 0 saturated heterocycles. The smallest absolute Gasteiger partial charge is 0.252 e. The molecule has 5 saturated carbocycles. The second-order valence-corrected chi connectivity index (χ2v) is 17.0. The maximum absolute atomic E-state index is 14.5. The number of amides is 1. The van der Waals surface area contributed by atoms with Gasteiger partial charge in [0.1, 0.15) is 0 Å². The van der Waals surface area contributed by atoms with Crippen molar-refractivity contribution in [2.75, 3.05) is 6.54 Å². The van der Waals surface area contributed by atoms with Crippen molar-refractivity contribution in [2.45, 2.75) is 138 Å². The molecule has 0 radical (unpaired) electrons. The number of rotatable bonds is 4. The van der Waals surface area contributed by atoms with E-state index in [-0.39, 0.29) is 57.0 Å². The van der Waals surface area contributed by atoms with Gasteiger partial charge < -0.3 is 5.73 Å². The number of hydrogen-bond donors (Lipinski definition) is 1. The van der Waals surface area contributed by atoms with Crippen molar-refractivity contribution in [3.63, 3.8) is 0 Å². The zero-order valence-electron chi connectivity index (χ0n) is 26.7. The minimum atomic E-state index is -0.456. The summed E-state index contributed by atoms with van der Waals surface area (Å²) in [6.07, 6.45) is 13.8. The first kappa shape index (κ1) is 28.9. The van der Waals surface area contributed by atoms with Crippen molar-refractivity contribution < 1.29 is 14.4 Å². The lowest BCUT2D eigenvalue weighted by Gasteiger charge is -2.70. The van der Waals surface area contributed by atoms with Crippen LogP contribution in [0, 0.1) is 50.2 Å². The van der Waals surface area contributed by atoms with Gasteiger partial charge in [-0.05, 0) is 123 Å². The van der Waals surface area contributed by atoms with Crippen LogP contribution in [0.2, 0.25) is 0 Å². The third-order valence-electron chi connectivity index (χ3n) is 14.5. The fourth-order valence-corrected chi connectivity index (χ4v) is 11.3. The molecular weight excluding hydrogens is 496 g/mol. The maximum atomic E-state index is 14.5. The molecule has 0 spiro atoms. The monoisotopic (exact) mass is 552 g/mol. The highest BCUT2D eigenvalue weighted by atomic mass is 16.7. The summed E-state index contributed by atoms with van der Waals surface area (Å²) in [5, 5.41) is 1.66. The van der Waals surface area contributed by atoms with E-state index >= 15 is 0 Å². The largest absolute Gasteiger partial charge is 0.327 e. The number of carbonyl (C=O) groups is 2. The van der Waals surface area contributed by atoms with Gasteiger partial charge in [-0.3, -0.25) is 14.4 Å². The summed E-state index contributed by atoms with van der Waals surface area (Å²) >= 11 is 0. The van der Waals surface area contributed by atoms with Gasteiger partial charge in [0, 0.05) is 23.9 Å². The van der Waals surface area contributed by atoms with E-state index in [2.05, 4.69) is 54.5 Å². The highest BCUT2D eigenvalue weighted by Gasteiger charge is 2.70. The number of carbonyl (C=O) groups excluding carboxylic acids is 2. The molecule has 5 fully saturated rings. The zero-order valence-corrected chi connectivity index (χ0v) is 26.7. The van der Waals surface area contributed by atoms with Crippen molar-refractivity contribution in [1.82, 2.24) is 5.06 Å². The Labute approximate surface area is 243 Å². The first-order chi connectivity index (χ1) is 18.6. The molecule has 9 atom stereocenters. The summed E-state index contributed by atoms with van der Waals surface area (Å²) in [6, 6.07) is 0.203. The first-order valence-corrected chi connectivity index (χ1v) is 16.6. The molecule has 0 aliphatic heterocycles. The van der Waals surface area contributed by atoms with Gasteiger partial charge in [0.15, 0.2) is 5.78 Å². The fourth-order valence-electron chi connectivity index (χ4n) is 11.3. The molecule has 1 amide bonds.